The average Bonchev–Trinajstić information content (AvgIpc) is 2.89. The summed E-state index contributed by atoms with van der Waals surface area (Å²) in [4.78, 5) is 2.39. The lowest BCUT2D eigenvalue weighted by Gasteiger charge is -2.22. The maximum atomic E-state index is 7.43. The molecule has 98 valence electrons. The van der Waals surface area contributed by atoms with Crippen molar-refractivity contribution in [1.82, 2.24) is 4.90 Å². The molecule has 0 spiro atoms. The Labute approximate surface area is 103 Å². The predicted octanol–water partition coefficient (Wildman–Crippen LogP) is 0.438. The topological polar surface area (TPSA) is 71.6 Å². The first-order chi connectivity index (χ1) is 8.08. The van der Waals surface area contributed by atoms with E-state index in [2.05, 4.69) is 4.90 Å². The van der Waals surface area contributed by atoms with Gasteiger partial charge >= 0.3 is 0 Å². The Balaban J connectivity index is 1.86. The van der Waals surface area contributed by atoms with E-state index in [0.717, 1.165) is 26.1 Å². The average molecular weight is 241 g/mol. The molecule has 1 aliphatic carbocycles. The Hall–Kier alpha value is -0.650. The highest BCUT2D eigenvalue weighted by Crippen LogP contribution is 2.49. The van der Waals surface area contributed by atoms with Gasteiger partial charge in [0.1, 0.15) is 0 Å². The highest BCUT2D eigenvalue weighted by molar-refractivity contribution is 5.78. The molecular formula is C12H23N3O2. The van der Waals surface area contributed by atoms with Crippen molar-refractivity contribution in [3.8, 4) is 0 Å². The van der Waals surface area contributed by atoms with E-state index in [1.54, 1.807) is 14.2 Å². The van der Waals surface area contributed by atoms with Gasteiger partial charge in [-0.1, -0.05) is 0 Å². The Morgan fingerprint density at radius 3 is 2.18 bits per heavy atom. The summed E-state index contributed by atoms with van der Waals surface area (Å²) in [6.07, 6.45) is 3.47. The summed E-state index contributed by atoms with van der Waals surface area (Å²) >= 11 is 0. The normalized spacial score (nSPS) is 31.6. The minimum Gasteiger partial charge on any atom is -0.388 e. The molecule has 1 saturated carbocycles. The lowest BCUT2D eigenvalue weighted by atomic mass is 10.0. The molecule has 0 radical (unpaired) electrons. The van der Waals surface area contributed by atoms with Gasteiger partial charge in [0, 0.05) is 40.3 Å². The van der Waals surface area contributed by atoms with E-state index in [1.807, 2.05) is 0 Å². The van der Waals surface area contributed by atoms with Crippen molar-refractivity contribution in [2.75, 3.05) is 33.9 Å². The summed E-state index contributed by atoms with van der Waals surface area (Å²) in [7, 11) is 3.48. The van der Waals surface area contributed by atoms with E-state index >= 15 is 0 Å². The molecule has 5 nitrogen and oxygen atoms in total. The van der Waals surface area contributed by atoms with Gasteiger partial charge in [-0.3, -0.25) is 10.3 Å². The number of nitrogens with two attached hydrogens (primary N) is 1. The van der Waals surface area contributed by atoms with Gasteiger partial charge < -0.3 is 15.2 Å². The molecule has 2 rings (SSSR count). The van der Waals surface area contributed by atoms with Gasteiger partial charge in [0.25, 0.3) is 0 Å². The van der Waals surface area contributed by atoms with Gasteiger partial charge in [-0.2, -0.15) is 0 Å². The number of ether oxygens (including phenoxy) is 2. The van der Waals surface area contributed by atoms with Gasteiger partial charge in [0.2, 0.25) is 0 Å². The largest absolute Gasteiger partial charge is 0.388 e. The van der Waals surface area contributed by atoms with Crippen LogP contribution in [0.1, 0.15) is 19.3 Å². The quantitative estimate of drug-likeness (QED) is 0.523. The van der Waals surface area contributed by atoms with Gasteiger partial charge in [-0.05, 0) is 18.3 Å². The Morgan fingerprint density at radius 1 is 1.29 bits per heavy atom. The van der Waals surface area contributed by atoms with Crippen LogP contribution < -0.4 is 5.73 Å². The van der Waals surface area contributed by atoms with Crippen LogP contribution in [0.15, 0.2) is 0 Å². The van der Waals surface area contributed by atoms with Crippen molar-refractivity contribution < 1.29 is 9.47 Å². The number of amidine groups is 1. The van der Waals surface area contributed by atoms with Crippen LogP contribution >= 0.6 is 0 Å². The molecule has 5 heteroatoms. The molecule has 3 N–H and O–H groups in total. The van der Waals surface area contributed by atoms with E-state index in [0.29, 0.717) is 5.84 Å². The van der Waals surface area contributed by atoms with Crippen molar-refractivity contribution in [2.45, 2.75) is 31.5 Å². The summed E-state index contributed by atoms with van der Waals surface area (Å²) < 4.78 is 10.9. The third-order valence-corrected chi connectivity index (χ3v) is 3.98. The molecule has 0 aromatic carbocycles. The zero-order valence-corrected chi connectivity index (χ0v) is 10.7. The number of hydrogen-bond donors (Lipinski definition) is 2. The van der Waals surface area contributed by atoms with E-state index in [-0.39, 0.29) is 17.6 Å². The van der Waals surface area contributed by atoms with Gasteiger partial charge in [0.05, 0.1) is 18.0 Å². The molecule has 2 unspecified atom stereocenters. The van der Waals surface area contributed by atoms with Crippen LogP contribution in [-0.2, 0) is 9.47 Å². The SMILES string of the molecule is COC1CN(CC2(CC(=N)N)CC2)CC1OC. The number of nitrogens with zero attached hydrogens (tertiary/aromatic N) is 1. The first kappa shape index (κ1) is 12.8. The highest BCUT2D eigenvalue weighted by atomic mass is 16.5. The van der Waals surface area contributed by atoms with E-state index < -0.39 is 0 Å². The second-order valence-electron chi connectivity index (χ2n) is 5.44. The molecule has 0 aromatic heterocycles. The molecule has 17 heavy (non-hydrogen) atoms. The predicted molar refractivity (Wildman–Crippen MR) is 66.2 cm³/mol. The molecule has 0 bridgehead atoms. The number of nitrogens with one attached hydrogen (secondary N) is 1. The molecule has 1 aliphatic heterocycles. The van der Waals surface area contributed by atoms with Crippen LogP contribution in [0.3, 0.4) is 0 Å². The number of methoxy groups -OCH3 is 2. The van der Waals surface area contributed by atoms with Crippen molar-refractivity contribution in [2.24, 2.45) is 11.1 Å². The highest BCUT2D eigenvalue weighted by Gasteiger charge is 2.46. The summed E-state index contributed by atoms with van der Waals surface area (Å²) in [5.74, 6) is 0.313. The van der Waals surface area contributed by atoms with Crippen LogP contribution in [0.5, 0.6) is 0 Å². The van der Waals surface area contributed by atoms with Crippen molar-refractivity contribution in [3.05, 3.63) is 0 Å². The molecule has 2 fully saturated rings. The van der Waals surface area contributed by atoms with Crippen LogP contribution in [0.2, 0.25) is 0 Å². The van der Waals surface area contributed by atoms with Gasteiger partial charge in [-0.15, -0.1) is 0 Å². The summed E-state index contributed by atoms with van der Waals surface area (Å²) in [6.45, 7) is 2.87. The minimum absolute atomic E-state index is 0.174. The van der Waals surface area contributed by atoms with Crippen molar-refractivity contribution in [1.29, 1.82) is 5.41 Å². The lowest BCUT2D eigenvalue weighted by Crippen LogP contribution is -2.32. The van der Waals surface area contributed by atoms with E-state index in [1.165, 1.54) is 12.8 Å². The maximum absolute atomic E-state index is 7.43. The zero-order valence-electron chi connectivity index (χ0n) is 10.7. The monoisotopic (exact) mass is 241 g/mol. The van der Waals surface area contributed by atoms with E-state index in [4.69, 9.17) is 20.6 Å². The number of rotatable bonds is 6. The van der Waals surface area contributed by atoms with Crippen molar-refractivity contribution >= 4 is 5.84 Å². The van der Waals surface area contributed by atoms with Crippen molar-refractivity contribution in [3.63, 3.8) is 0 Å². The fraction of sp³-hybridized carbons (Fsp3) is 0.917. The zero-order chi connectivity index (χ0) is 12.5. The lowest BCUT2D eigenvalue weighted by molar-refractivity contribution is -0.00461. The van der Waals surface area contributed by atoms with E-state index in [9.17, 15) is 0 Å². The summed E-state index contributed by atoms with van der Waals surface area (Å²) in [5, 5.41) is 7.43. The molecule has 0 aromatic rings. The van der Waals surface area contributed by atoms with Gasteiger partial charge in [-0.25, -0.2) is 0 Å². The fourth-order valence-electron chi connectivity index (χ4n) is 2.85. The fourth-order valence-corrected chi connectivity index (χ4v) is 2.85. The molecular weight excluding hydrogens is 218 g/mol. The van der Waals surface area contributed by atoms with Crippen LogP contribution in [-0.4, -0.2) is 56.8 Å². The Bertz CT molecular complexity index is 279. The molecule has 2 atom stereocenters. The summed E-state index contributed by atoms with van der Waals surface area (Å²) in [5.41, 5.74) is 5.79. The Kier molecular flexibility index (Phi) is 3.70. The second-order valence-corrected chi connectivity index (χ2v) is 5.44. The molecule has 1 heterocycles. The number of likely N-dealkylation sites (tertiary alicyclic amines) is 1. The first-order valence-electron chi connectivity index (χ1n) is 6.19. The van der Waals surface area contributed by atoms with Gasteiger partial charge in [0.15, 0.2) is 0 Å². The minimum atomic E-state index is 0.174. The molecule has 0 amide bonds. The van der Waals surface area contributed by atoms with Crippen LogP contribution in [0.25, 0.3) is 0 Å². The first-order valence-corrected chi connectivity index (χ1v) is 6.19. The summed E-state index contributed by atoms with van der Waals surface area (Å²) in [6, 6.07) is 0. The second kappa shape index (κ2) is 4.92. The molecule has 1 saturated heterocycles. The third kappa shape index (κ3) is 2.97. The van der Waals surface area contributed by atoms with Crippen LogP contribution in [0, 0.1) is 10.8 Å². The third-order valence-electron chi connectivity index (χ3n) is 3.98. The number of hydrogen-bond acceptors (Lipinski definition) is 4. The standard InChI is InChI=1S/C12H23N3O2/c1-16-9-6-15(7-10(9)17-2)8-12(3-4-12)5-11(13)14/h9-10H,3-8H2,1-2H3,(H3,13,14). The Morgan fingerprint density at radius 2 is 1.82 bits per heavy atom. The smallest absolute Gasteiger partial charge is 0.0971 e. The maximum Gasteiger partial charge on any atom is 0.0971 e. The molecule has 2 aliphatic rings. The van der Waals surface area contributed by atoms with Crippen LogP contribution in [0.4, 0.5) is 0 Å².